The van der Waals surface area contributed by atoms with Crippen LogP contribution >= 0.6 is 0 Å². The number of aromatic nitrogens is 1. The largest absolute Gasteiger partial charge is 0.364 e. The average Bonchev–Trinajstić information content (AvgIpc) is 2.38. The molecule has 1 aromatic heterocycles. The van der Waals surface area contributed by atoms with Gasteiger partial charge in [-0.25, -0.2) is 4.98 Å². The van der Waals surface area contributed by atoms with Crippen LogP contribution in [0.5, 0.6) is 0 Å². The number of pyridine rings is 1. The van der Waals surface area contributed by atoms with Crippen molar-refractivity contribution in [2.75, 3.05) is 11.9 Å². The zero-order valence-corrected chi connectivity index (χ0v) is 10.7. The molecule has 18 heavy (non-hydrogen) atoms. The molecule has 1 aliphatic rings. The zero-order valence-electron chi connectivity index (χ0n) is 10.7. The molecule has 1 aliphatic carbocycles. The Morgan fingerprint density at radius 1 is 1.44 bits per heavy atom. The van der Waals surface area contributed by atoms with Gasteiger partial charge in [0, 0.05) is 18.8 Å². The molecule has 0 unspecified atom stereocenters. The Labute approximate surface area is 107 Å². The second kappa shape index (κ2) is 5.80. The molecule has 5 nitrogen and oxygen atoms in total. The van der Waals surface area contributed by atoms with E-state index in [1.54, 1.807) is 12.3 Å². The van der Waals surface area contributed by atoms with Crippen LogP contribution in [0, 0.1) is 23.0 Å². The molecule has 0 aromatic carbocycles. The summed E-state index contributed by atoms with van der Waals surface area (Å²) in [5, 5.41) is 14.1. The lowest BCUT2D eigenvalue weighted by Gasteiger charge is -2.21. The summed E-state index contributed by atoms with van der Waals surface area (Å²) >= 11 is 0. The van der Waals surface area contributed by atoms with E-state index in [9.17, 15) is 10.1 Å². The summed E-state index contributed by atoms with van der Waals surface area (Å²) in [5.41, 5.74) is 0.885. The standard InChI is InChI=1S/C13H19N3O2/c1-10-7-12(16(17)18)13(14-8-10)15-9-11-5-3-2-4-6-11/h7-8,11H,2-6,9H2,1H3,(H,14,15). The van der Waals surface area contributed by atoms with Gasteiger partial charge in [-0.2, -0.15) is 0 Å². The third-order valence-electron chi connectivity index (χ3n) is 3.48. The summed E-state index contributed by atoms with van der Waals surface area (Å²) < 4.78 is 0. The summed E-state index contributed by atoms with van der Waals surface area (Å²) in [6, 6.07) is 1.57. The van der Waals surface area contributed by atoms with Crippen LogP contribution in [0.3, 0.4) is 0 Å². The number of hydrogen-bond donors (Lipinski definition) is 1. The van der Waals surface area contributed by atoms with Crippen LogP contribution in [0.25, 0.3) is 0 Å². The highest BCUT2D eigenvalue weighted by molar-refractivity contribution is 5.56. The van der Waals surface area contributed by atoms with E-state index in [0.717, 1.165) is 12.1 Å². The fourth-order valence-electron chi connectivity index (χ4n) is 2.46. The molecule has 5 heteroatoms. The van der Waals surface area contributed by atoms with Gasteiger partial charge in [-0.3, -0.25) is 10.1 Å². The van der Waals surface area contributed by atoms with Crippen LogP contribution in [0.2, 0.25) is 0 Å². The van der Waals surface area contributed by atoms with E-state index < -0.39 is 0 Å². The fraction of sp³-hybridized carbons (Fsp3) is 0.615. The topological polar surface area (TPSA) is 68.1 Å². The fourth-order valence-corrected chi connectivity index (χ4v) is 2.46. The quantitative estimate of drug-likeness (QED) is 0.656. The van der Waals surface area contributed by atoms with Crippen molar-refractivity contribution in [2.24, 2.45) is 5.92 Å². The summed E-state index contributed by atoms with van der Waals surface area (Å²) in [6.45, 7) is 2.60. The Bertz CT molecular complexity index is 428. The van der Waals surface area contributed by atoms with E-state index in [1.807, 2.05) is 6.92 Å². The average molecular weight is 249 g/mol. The lowest BCUT2D eigenvalue weighted by Crippen LogP contribution is -2.18. The third-order valence-corrected chi connectivity index (χ3v) is 3.48. The van der Waals surface area contributed by atoms with Gasteiger partial charge in [0.1, 0.15) is 0 Å². The highest BCUT2D eigenvalue weighted by Crippen LogP contribution is 2.26. The van der Waals surface area contributed by atoms with Crippen molar-refractivity contribution in [3.8, 4) is 0 Å². The molecule has 1 saturated carbocycles. The summed E-state index contributed by atoms with van der Waals surface area (Å²) in [6.07, 6.45) is 7.96. The van der Waals surface area contributed by atoms with Crippen molar-refractivity contribution in [3.63, 3.8) is 0 Å². The number of nitrogens with one attached hydrogen (secondary N) is 1. The Hall–Kier alpha value is -1.65. The molecule has 1 fully saturated rings. The van der Waals surface area contributed by atoms with Gasteiger partial charge < -0.3 is 5.32 Å². The number of nitrogens with zero attached hydrogens (tertiary/aromatic N) is 2. The van der Waals surface area contributed by atoms with Gasteiger partial charge in [0.2, 0.25) is 5.82 Å². The second-order valence-electron chi connectivity index (χ2n) is 5.02. The third kappa shape index (κ3) is 3.18. The predicted octanol–water partition coefficient (Wildman–Crippen LogP) is 3.29. The maximum Gasteiger partial charge on any atom is 0.311 e. The summed E-state index contributed by atoms with van der Waals surface area (Å²) in [5.74, 6) is 1.03. The van der Waals surface area contributed by atoms with E-state index in [-0.39, 0.29) is 10.6 Å². The molecular weight excluding hydrogens is 230 g/mol. The molecule has 0 bridgehead atoms. The van der Waals surface area contributed by atoms with Gasteiger partial charge in [-0.15, -0.1) is 0 Å². The first-order valence-electron chi connectivity index (χ1n) is 6.51. The minimum absolute atomic E-state index is 0.0748. The SMILES string of the molecule is Cc1cnc(NCC2CCCCC2)c([N+](=O)[O-])c1. The minimum Gasteiger partial charge on any atom is -0.364 e. The van der Waals surface area contributed by atoms with Crippen LogP contribution < -0.4 is 5.32 Å². The lowest BCUT2D eigenvalue weighted by atomic mass is 9.89. The summed E-state index contributed by atoms with van der Waals surface area (Å²) in [4.78, 5) is 14.7. The molecule has 1 heterocycles. The molecule has 1 aromatic rings. The first-order chi connectivity index (χ1) is 8.66. The number of hydrogen-bond acceptors (Lipinski definition) is 4. The number of nitro groups is 1. The van der Waals surface area contributed by atoms with Crippen molar-refractivity contribution >= 4 is 11.5 Å². The van der Waals surface area contributed by atoms with Crippen LogP contribution in [0.15, 0.2) is 12.3 Å². The monoisotopic (exact) mass is 249 g/mol. The van der Waals surface area contributed by atoms with Crippen LogP contribution in [-0.2, 0) is 0 Å². The van der Waals surface area contributed by atoms with E-state index in [4.69, 9.17) is 0 Å². The zero-order chi connectivity index (χ0) is 13.0. The van der Waals surface area contributed by atoms with Crippen LogP contribution in [-0.4, -0.2) is 16.5 Å². The summed E-state index contributed by atoms with van der Waals surface area (Å²) in [7, 11) is 0. The van der Waals surface area contributed by atoms with Gasteiger partial charge in [-0.05, 0) is 31.2 Å². The van der Waals surface area contributed by atoms with Crippen molar-refractivity contribution in [1.29, 1.82) is 0 Å². The van der Waals surface area contributed by atoms with E-state index in [2.05, 4.69) is 10.3 Å². The molecule has 0 radical (unpaired) electrons. The highest BCUT2D eigenvalue weighted by atomic mass is 16.6. The first-order valence-corrected chi connectivity index (χ1v) is 6.51. The van der Waals surface area contributed by atoms with Crippen LogP contribution in [0.1, 0.15) is 37.7 Å². The smallest absolute Gasteiger partial charge is 0.311 e. The van der Waals surface area contributed by atoms with Gasteiger partial charge in [0.05, 0.1) is 4.92 Å². The highest BCUT2D eigenvalue weighted by Gasteiger charge is 2.18. The molecule has 0 spiro atoms. The van der Waals surface area contributed by atoms with Gasteiger partial charge in [0.25, 0.3) is 0 Å². The van der Waals surface area contributed by atoms with Gasteiger partial charge in [-0.1, -0.05) is 19.3 Å². The van der Waals surface area contributed by atoms with Gasteiger partial charge >= 0.3 is 5.69 Å². The number of rotatable bonds is 4. The van der Waals surface area contributed by atoms with E-state index in [1.165, 1.54) is 32.1 Å². The van der Waals surface area contributed by atoms with E-state index in [0.29, 0.717) is 11.7 Å². The maximum absolute atomic E-state index is 11.0. The molecule has 0 saturated heterocycles. The molecule has 0 atom stereocenters. The maximum atomic E-state index is 11.0. The van der Waals surface area contributed by atoms with Crippen molar-refractivity contribution in [2.45, 2.75) is 39.0 Å². The van der Waals surface area contributed by atoms with Crippen molar-refractivity contribution < 1.29 is 4.92 Å². The first kappa shape index (κ1) is 12.8. The second-order valence-corrected chi connectivity index (χ2v) is 5.02. The minimum atomic E-state index is -0.372. The van der Waals surface area contributed by atoms with Gasteiger partial charge in [0.15, 0.2) is 0 Å². The molecule has 98 valence electrons. The molecule has 0 amide bonds. The number of anilines is 1. The molecular formula is C13H19N3O2. The van der Waals surface area contributed by atoms with Crippen molar-refractivity contribution in [3.05, 3.63) is 27.9 Å². The normalized spacial score (nSPS) is 16.5. The Balaban J connectivity index is 2.01. The molecule has 0 aliphatic heterocycles. The van der Waals surface area contributed by atoms with Crippen LogP contribution in [0.4, 0.5) is 11.5 Å². The Kier molecular flexibility index (Phi) is 4.12. The molecule has 1 N–H and O–H groups in total. The Morgan fingerprint density at radius 2 is 2.17 bits per heavy atom. The predicted molar refractivity (Wildman–Crippen MR) is 70.7 cm³/mol. The Morgan fingerprint density at radius 3 is 2.83 bits per heavy atom. The van der Waals surface area contributed by atoms with Crippen molar-refractivity contribution in [1.82, 2.24) is 4.98 Å². The lowest BCUT2D eigenvalue weighted by molar-refractivity contribution is -0.384. The number of aryl methyl sites for hydroxylation is 1. The molecule has 2 rings (SSSR count). The van der Waals surface area contributed by atoms with E-state index >= 15 is 0 Å².